The number of benzene rings is 1. The van der Waals surface area contributed by atoms with E-state index in [1.54, 1.807) is 14.2 Å². The van der Waals surface area contributed by atoms with Crippen LogP contribution in [0.15, 0.2) is 28.9 Å². The van der Waals surface area contributed by atoms with E-state index in [1.807, 2.05) is 18.3 Å². The Bertz CT molecular complexity index is 514. The molecule has 0 bridgehead atoms. The minimum Gasteiger partial charge on any atom is -0.495 e. The van der Waals surface area contributed by atoms with Crippen molar-refractivity contribution < 1.29 is 9.47 Å². The minimum absolute atomic E-state index is 0.576. The first-order valence-electron chi connectivity index (χ1n) is 4.85. The summed E-state index contributed by atoms with van der Waals surface area (Å²) in [7, 11) is 3.32. The Morgan fingerprint density at radius 2 is 2.06 bits per heavy atom. The molecule has 0 saturated heterocycles. The number of hydrogen-bond acceptors (Lipinski definition) is 3. The van der Waals surface area contributed by atoms with Crippen LogP contribution in [-0.2, 0) is 11.3 Å². The topological polar surface area (TPSA) is 31.4 Å². The number of halogens is 1. The van der Waals surface area contributed by atoms with E-state index in [0.717, 1.165) is 26.7 Å². The minimum atomic E-state index is 0.576. The number of rotatable bonds is 3. The van der Waals surface area contributed by atoms with Gasteiger partial charge in [-0.25, -0.2) is 0 Å². The quantitative estimate of drug-likeness (QED) is 0.866. The lowest BCUT2D eigenvalue weighted by molar-refractivity contribution is 0.185. The largest absolute Gasteiger partial charge is 0.495 e. The molecular weight excluding hydrogens is 270 g/mol. The zero-order chi connectivity index (χ0) is 11.5. The van der Waals surface area contributed by atoms with Gasteiger partial charge in [0, 0.05) is 24.8 Å². The summed E-state index contributed by atoms with van der Waals surface area (Å²) in [6, 6.07) is 5.98. The molecule has 2 aromatic rings. The second kappa shape index (κ2) is 4.80. The maximum atomic E-state index is 5.22. The van der Waals surface area contributed by atoms with E-state index in [2.05, 4.69) is 27.0 Å². The molecule has 0 radical (unpaired) electrons. The average molecular weight is 282 g/mol. The van der Waals surface area contributed by atoms with Gasteiger partial charge >= 0.3 is 0 Å². The SMILES string of the molecule is COCc1cnc2cc(OC)c(Br)cc2c1. The van der Waals surface area contributed by atoms with E-state index in [-0.39, 0.29) is 0 Å². The summed E-state index contributed by atoms with van der Waals surface area (Å²) in [4.78, 5) is 4.37. The lowest BCUT2D eigenvalue weighted by Crippen LogP contribution is -1.91. The van der Waals surface area contributed by atoms with E-state index >= 15 is 0 Å². The van der Waals surface area contributed by atoms with Crippen LogP contribution in [0.1, 0.15) is 5.56 Å². The summed E-state index contributed by atoms with van der Waals surface area (Å²) < 4.78 is 11.2. The highest BCUT2D eigenvalue weighted by Gasteiger charge is 2.04. The molecule has 4 heteroatoms. The van der Waals surface area contributed by atoms with Gasteiger partial charge in [0.25, 0.3) is 0 Å². The van der Waals surface area contributed by atoms with Crippen molar-refractivity contribution in [3.63, 3.8) is 0 Å². The summed E-state index contributed by atoms with van der Waals surface area (Å²) >= 11 is 3.46. The van der Waals surface area contributed by atoms with Crippen molar-refractivity contribution >= 4 is 26.8 Å². The van der Waals surface area contributed by atoms with Crippen molar-refractivity contribution in [3.8, 4) is 5.75 Å². The summed E-state index contributed by atoms with van der Waals surface area (Å²) in [6.07, 6.45) is 1.82. The molecular formula is C12H12BrNO2. The van der Waals surface area contributed by atoms with E-state index < -0.39 is 0 Å². The first kappa shape index (κ1) is 11.4. The van der Waals surface area contributed by atoms with Crippen LogP contribution in [0.2, 0.25) is 0 Å². The van der Waals surface area contributed by atoms with Crippen LogP contribution in [0.3, 0.4) is 0 Å². The van der Waals surface area contributed by atoms with Crippen molar-refractivity contribution in [1.82, 2.24) is 4.98 Å². The van der Waals surface area contributed by atoms with Crippen molar-refractivity contribution in [3.05, 3.63) is 34.4 Å². The number of methoxy groups -OCH3 is 2. The Labute approximate surface area is 103 Å². The van der Waals surface area contributed by atoms with Gasteiger partial charge in [-0.3, -0.25) is 4.98 Å². The van der Waals surface area contributed by atoms with Gasteiger partial charge < -0.3 is 9.47 Å². The first-order chi connectivity index (χ1) is 7.74. The van der Waals surface area contributed by atoms with Gasteiger partial charge in [-0.2, -0.15) is 0 Å². The number of aromatic nitrogens is 1. The van der Waals surface area contributed by atoms with E-state index in [1.165, 1.54) is 0 Å². The summed E-state index contributed by atoms with van der Waals surface area (Å²) in [5, 5.41) is 1.07. The van der Waals surface area contributed by atoms with Gasteiger partial charge in [0.15, 0.2) is 0 Å². The van der Waals surface area contributed by atoms with Crippen LogP contribution in [0, 0.1) is 0 Å². The molecule has 0 N–H and O–H groups in total. The Hall–Kier alpha value is -1.13. The second-order valence-corrected chi connectivity index (χ2v) is 4.31. The molecule has 1 heterocycles. The van der Waals surface area contributed by atoms with Gasteiger partial charge in [0.1, 0.15) is 5.75 Å². The molecule has 0 amide bonds. The second-order valence-electron chi connectivity index (χ2n) is 3.46. The zero-order valence-electron chi connectivity index (χ0n) is 9.16. The fourth-order valence-corrected chi connectivity index (χ4v) is 2.10. The molecule has 16 heavy (non-hydrogen) atoms. The summed E-state index contributed by atoms with van der Waals surface area (Å²) in [5.74, 6) is 0.791. The third-order valence-corrected chi connectivity index (χ3v) is 2.94. The monoisotopic (exact) mass is 281 g/mol. The van der Waals surface area contributed by atoms with Crippen LogP contribution in [0.4, 0.5) is 0 Å². The highest BCUT2D eigenvalue weighted by molar-refractivity contribution is 9.10. The molecule has 2 rings (SSSR count). The van der Waals surface area contributed by atoms with Gasteiger partial charge in [-0.05, 0) is 33.6 Å². The summed E-state index contributed by atoms with van der Waals surface area (Å²) in [5.41, 5.74) is 1.98. The predicted molar refractivity (Wildman–Crippen MR) is 66.7 cm³/mol. The molecule has 0 aliphatic carbocycles. The highest BCUT2D eigenvalue weighted by atomic mass is 79.9. The van der Waals surface area contributed by atoms with Crippen molar-refractivity contribution in [2.24, 2.45) is 0 Å². The molecule has 1 aromatic carbocycles. The number of ether oxygens (including phenoxy) is 2. The summed E-state index contributed by atoms with van der Waals surface area (Å²) in [6.45, 7) is 0.576. The number of hydrogen-bond donors (Lipinski definition) is 0. The Balaban J connectivity index is 2.53. The molecule has 0 fully saturated rings. The van der Waals surface area contributed by atoms with Crippen LogP contribution >= 0.6 is 15.9 Å². The molecule has 0 saturated carbocycles. The molecule has 0 aliphatic heterocycles. The van der Waals surface area contributed by atoms with Crippen LogP contribution in [0.25, 0.3) is 10.9 Å². The van der Waals surface area contributed by atoms with E-state index in [4.69, 9.17) is 9.47 Å². The normalized spacial score (nSPS) is 10.7. The van der Waals surface area contributed by atoms with E-state index in [0.29, 0.717) is 6.61 Å². The van der Waals surface area contributed by atoms with E-state index in [9.17, 15) is 0 Å². The maximum Gasteiger partial charge on any atom is 0.135 e. The smallest absolute Gasteiger partial charge is 0.135 e. The number of pyridine rings is 1. The third kappa shape index (κ3) is 2.18. The van der Waals surface area contributed by atoms with Gasteiger partial charge in [-0.1, -0.05) is 0 Å². The molecule has 0 atom stereocenters. The van der Waals surface area contributed by atoms with Gasteiger partial charge in [0.2, 0.25) is 0 Å². The fraction of sp³-hybridized carbons (Fsp3) is 0.250. The van der Waals surface area contributed by atoms with Crippen LogP contribution in [0.5, 0.6) is 5.75 Å². The molecule has 84 valence electrons. The Morgan fingerprint density at radius 1 is 1.25 bits per heavy atom. The Morgan fingerprint density at radius 3 is 2.75 bits per heavy atom. The standard InChI is InChI=1S/C12H12BrNO2/c1-15-7-8-3-9-4-10(13)12(16-2)5-11(9)14-6-8/h3-6H,7H2,1-2H3. The molecule has 1 aromatic heterocycles. The zero-order valence-corrected chi connectivity index (χ0v) is 10.7. The lowest BCUT2D eigenvalue weighted by atomic mass is 10.1. The van der Waals surface area contributed by atoms with Crippen molar-refractivity contribution in [2.45, 2.75) is 6.61 Å². The van der Waals surface area contributed by atoms with Gasteiger partial charge in [-0.15, -0.1) is 0 Å². The maximum absolute atomic E-state index is 5.22. The molecule has 0 unspecified atom stereocenters. The Kier molecular flexibility index (Phi) is 3.41. The highest BCUT2D eigenvalue weighted by Crippen LogP contribution is 2.29. The van der Waals surface area contributed by atoms with Crippen LogP contribution < -0.4 is 4.74 Å². The average Bonchev–Trinajstić information content (AvgIpc) is 2.28. The lowest BCUT2D eigenvalue weighted by Gasteiger charge is -2.06. The molecule has 0 spiro atoms. The molecule has 3 nitrogen and oxygen atoms in total. The third-order valence-electron chi connectivity index (χ3n) is 2.32. The number of nitrogens with zero attached hydrogens (tertiary/aromatic N) is 1. The van der Waals surface area contributed by atoms with Crippen molar-refractivity contribution in [1.29, 1.82) is 0 Å². The molecule has 0 aliphatic rings. The van der Waals surface area contributed by atoms with Gasteiger partial charge in [0.05, 0.1) is 23.7 Å². The predicted octanol–water partition coefficient (Wildman–Crippen LogP) is 3.15. The van der Waals surface area contributed by atoms with Crippen LogP contribution in [-0.4, -0.2) is 19.2 Å². The van der Waals surface area contributed by atoms with Crippen molar-refractivity contribution in [2.75, 3.05) is 14.2 Å². The first-order valence-corrected chi connectivity index (χ1v) is 5.65. The number of fused-ring (bicyclic) bond motifs is 1. The fourth-order valence-electron chi connectivity index (χ4n) is 1.58.